The normalized spacial score (nSPS) is 7.06. The Morgan fingerprint density at radius 3 is 1.41 bits per heavy atom. The first-order valence-electron chi connectivity index (χ1n) is 3.54. The Morgan fingerprint density at radius 1 is 0.941 bits per heavy atom. The van der Waals surface area contributed by atoms with E-state index in [0.717, 1.165) is 0 Å². The summed E-state index contributed by atoms with van der Waals surface area (Å²) in [6.45, 7) is -0.704. The SMILES string of the molecule is O=P#CNCC(=O)[O-].O=P#CNCC(=O)[O-].[Ca+2]. The van der Waals surface area contributed by atoms with Gasteiger partial charge in [0.05, 0.1) is 0 Å². The molecule has 0 saturated heterocycles. The van der Waals surface area contributed by atoms with Crippen molar-refractivity contribution in [2.75, 3.05) is 13.1 Å². The number of nitrogens with one attached hydrogen (secondary N) is 2. The molecule has 88 valence electrons. The van der Waals surface area contributed by atoms with Crippen molar-refractivity contribution in [3.05, 3.63) is 0 Å². The zero-order valence-electron chi connectivity index (χ0n) is 8.47. The average Bonchev–Trinajstić information content (AvgIpc) is 2.18. The molecule has 0 fully saturated rings. The number of aliphatic carboxylic acids is 2. The second-order valence-electron chi connectivity index (χ2n) is 1.86. The first-order valence-corrected chi connectivity index (χ1v) is 5.17. The van der Waals surface area contributed by atoms with Crippen LogP contribution in [0, 0.1) is 11.5 Å². The van der Waals surface area contributed by atoms with Gasteiger partial charge in [-0.05, 0) is 0 Å². The molecule has 0 heterocycles. The third kappa shape index (κ3) is 31.4. The summed E-state index contributed by atoms with van der Waals surface area (Å²) in [5.41, 5.74) is 0. The van der Waals surface area contributed by atoms with Crippen LogP contribution in [-0.2, 0) is 18.7 Å². The number of rotatable bonds is 4. The summed E-state index contributed by atoms with van der Waals surface area (Å²) in [6, 6.07) is 0. The summed E-state index contributed by atoms with van der Waals surface area (Å²) in [6.07, 6.45) is 0. The standard InChI is InChI=1S/2C3H4NO3P.Ca/c2*5-3(6)1-4-2-8-7;/h2*4H,1H2,(H,5,6);/q;;+2/p-2. The number of carboxylic acids is 2. The van der Waals surface area contributed by atoms with E-state index in [4.69, 9.17) is 0 Å². The molecule has 2 N–H and O–H groups in total. The predicted molar refractivity (Wildman–Crippen MR) is 54.8 cm³/mol. The van der Waals surface area contributed by atoms with Crippen LogP contribution in [0.5, 0.6) is 0 Å². The van der Waals surface area contributed by atoms with Crippen LogP contribution in [-0.4, -0.2) is 62.8 Å². The van der Waals surface area contributed by atoms with Crippen LogP contribution < -0.4 is 20.8 Å². The molecular weight excluding hydrogens is 298 g/mol. The third-order valence-corrected chi connectivity index (χ3v) is 1.21. The summed E-state index contributed by atoms with van der Waals surface area (Å²) in [5.74, 6) is 1.55. The van der Waals surface area contributed by atoms with Gasteiger partial charge in [0.15, 0.2) is 0 Å². The van der Waals surface area contributed by atoms with Gasteiger partial charge in [-0.1, -0.05) is 0 Å². The van der Waals surface area contributed by atoms with Crippen LogP contribution in [0.4, 0.5) is 0 Å². The van der Waals surface area contributed by atoms with Crippen LogP contribution in [0.15, 0.2) is 0 Å². The molecule has 0 aromatic heterocycles. The number of carbonyl (C=O) groups excluding carboxylic acids is 2. The first kappa shape index (κ1) is 22.3. The molecule has 0 amide bonds. The Morgan fingerprint density at radius 2 is 1.24 bits per heavy atom. The van der Waals surface area contributed by atoms with Crippen molar-refractivity contribution in [3.8, 4) is 11.5 Å². The van der Waals surface area contributed by atoms with Gasteiger partial charge in [0.2, 0.25) is 0 Å². The van der Waals surface area contributed by atoms with E-state index in [9.17, 15) is 28.9 Å². The molecule has 0 spiro atoms. The van der Waals surface area contributed by atoms with Crippen LogP contribution in [0.1, 0.15) is 0 Å². The monoisotopic (exact) mass is 304 g/mol. The van der Waals surface area contributed by atoms with Crippen molar-refractivity contribution in [1.82, 2.24) is 10.6 Å². The maximum absolute atomic E-state index is 9.56. The van der Waals surface area contributed by atoms with Gasteiger partial charge < -0.3 is 0 Å². The summed E-state index contributed by atoms with van der Waals surface area (Å²) in [7, 11) is -0.704. The topological polar surface area (TPSA) is 138 Å². The Kier molecular flexibility index (Phi) is 24.3. The van der Waals surface area contributed by atoms with Gasteiger partial charge in [0.1, 0.15) is 0 Å². The number of hydrogen-bond donors (Lipinski definition) is 2. The van der Waals surface area contributed by atoms with Gasteiger partial charge in [-0.2, -0.15) is 0 Å². The van der Waals surface area contributed by atoms with Crippen molar-refractivity contribution in [1.29, 1.82) is 0 Å². The van der Waals surface area contributed by atoms with Crippen LogP contribution in [0.2, 0.25) is 0 Å². The molecule has 0 rings (SSSR count). The molecule has 0 aromatic rings. The van der Waals surface area contributed by atoms with E-state index in [-0.39, 0.29) is 66.7 Å². The van der Waals surface area contributed by atoms with E-state index in [1.807, 2.05) is 11.5 Å². The van der Waals surface area contributed by atoms with Gasteiger partial charge >= 0.3 is 130 Å². The summed E-state index contributed by atoms with van der Waals surface area (Å²) < 4.78 is 19.0. The van der Waals surface area contributed by atoms with Crippen LogP contribution in [0.25, 0.3) is 0 Å². The minimum absolute atomic E-state index is 0. The molecule has 0 aliphatic rings. The minimum Gasteiger partial charge on any atom is 2.00 e. The maximum Gasteiger partial charge on any atom is 2.00 e. The van der Waals surface area contributed by atoms with E-state index < -0.39 is 11.9 Å². The van der Waals surface area contributed by atoms with Crippen LogP contribution >= 0.6 is 15.8 Å². The fourth-order valence-corrected chi connectivity index (χ4v) is 0.575. The number of carboxylic acid groups (broad SMARTS) is 2. The van der Waals surface area contributed by atoms with E-state index in [2.05, 4.69) is 10.6 Å². The van der Waals surface area contributed by atoms with Crippen molar-refractivity contribution in [2.45, 2.75) is 0 Å². The van der Waals surface area contributed by atoms with Crippen molar-refractivity contribution in [3.63, 3.8) is 0 Å². The summed E-state index contributed by atoms with van der Waals surface area (Å²) in [5, 5.41) is 23.3. The molecule has 0 saturated carbocycles. The molecular formula is C6H6CaN2O6P2. The van der Waals surface area contributed by atoms with Gasteiger partial charge in [0, 0.05) is 0 Å². The fourth-order valence-electron chi connectivity index (χ4n) is 0.288. The quantitative estimate of drug-likeness (QED) is 0.313. The molecule has 0 atom stereocenters. The molecule has 0 aliphatic heterocycles. The zero-order valence-corrected chi connectivity index (χ0v) is 12.5. The van der Waals surface area contributed by atoms with Gasteiger partial charge in [-0.25, -0.2) is 0 Å². The third-order valence-electron chi connectivity index (χ3n) is 0.715. The minimum atomic E-state index is -1.25. The van der Waals surface area contributed by atoms with E-state index in [1.54, 1.807) is 0 Å². The summed E-state index contributed by atoms with van der Waals surface area (Å²) in [4.78, 5) is 19.1. The van der Waals surface area contributed by atoms with Crippen LogP contribution in [0.3, 0.4) is 0 Å². The Hall–Kier alpha value is 0.140. The zero-order chi connectivity index (χ0) is 12.8. The number of hydrogen-bond acceptors (Lipinski definition) is 8. The Balaban J connectivity index is -0.000000218. The first-order chi connectivity index (χ1) is 7.54. The Labute approximate surface area is 129 Å². The van der Waals surface area contributed by atoms with Gasteiger partial charge in [-0.3, -0.25) is 0 Å². The smallest absolute Gasteiger partial charge is 2.00 e. The molecule has 0 aliphatic carbocycles. The van der Waals surface area contributed by atoms with Crippen molar-refractivity contribution < 1.29 is 28.9 Å². The van der Waals surface area contributed by atoms with E-state index in [0.29, 0.717) is 0 Å². The van der Waals surface area contributed by atoms with Crippen molar-refractivity contribution >= 4 is 65.5 Å². The van der Waals surface area contributed by atoms with Gasteiger partial charge in [-0.15, -0.1) is 0 Å². The van der Waals surface area contributed by atoms with Crippen molar-refractivity contribution in [2.24, 2.45) is 0 Å². The Bertz CT molecular complexity index is 387. The molecule has 17 heavy (non-hydrogen) atoms. The molecule has 0 radical (unpaired) electrons. The van der Waals surface area contributed by atoms with Gasteiger partial charge in [0.25, 0.3) is 0 Å². The fraction of sp³-hybridized carbons (Fsp3) is 0.333. The predicted octanol–water partition coefficient (Wildman–Crippen LogP) is -3.31. The molecule has 0 unspecified atom stereocenters. The maximum atomic E-state index is 9.56. The molecule has 0 bridgehead atoms. The molecule has 11 heteroatoms. The van der Waals surface area contributed by atoms with E-state index in [1.165, 1.54) is 0 Å². The largest absolute Gasteiger partial charge is 2.00 e. The van der Waals surface area contributed by atoms with E-state index >= 15 is 0 Å². The second kappa shape index (κ2) is 18.5. The summed E-state index contributed by atoms with van der Waals surface area (Å²) >= 11 is 0. The average molecular weight is 304 g/mol. The second-order valence-corrected chi connectivity index (χ2v) is 2.67. The number of carbonyl (C=O) groups is 2. The molecule has 0 aromatic carbocycles. The molecule has 8 nitrogen and oxygen atoms in total.